The molecule has 4 heteroatoms. The third kappa shape index (κ3) is 6.08. The summed E-state index contributed by atoms with van der Waals surface area (Å²) in [4.78, 5) is 2.32. The van der Waals surface area contributed by atoms with Gasteiger partial charge < -0.3 is 19.5 Å². The summed E-state index contributed by atoms with van der Waals surface area (Å²) in [5.41, 5.74) is 1.43. The number of nitrogens with zero attached hydrogens (tertiary/aromatic N) is 1. The molecule has 1 unspecified atom stereocenters. The molecule has 1 N–H and O–H groups in total. The lowest BCUT2D eigenvalue weighted by Gasteiger charge is -2.32. The fraction of sp³-hybridized carbons (Fsp3) is 0.700. The van der Waals surface area contributed by atoms with Crippen molar-refractivity contribution in [1.82, 2.24) is 4.90 Å². The molecule has 136 valence electrons. The molecule has 0 aromatic heterocycles. The zero-order valence-electron chi connectivity index (χ0n) is 15.6. The second kappa shape index (κ2) is 8.84. The molecule has 0 radical (unpaired) electrons. The van der Waals surface area contributed by atoms with E-state index in [0.29, 0.717) is 19.1 Å². The Morgan fingerprint density at radius 3 is 2.33 bits per heavy atom. The Morgan fingerprint density at radius 1 is 1.17 bits per heavy atom. The molecule has 2 rings (SSSR count). The van der Waals surface area contributed by atoms with E-state index >= 15 is 0 Å². The number of benzene rings is 1. The molecule has 0 aliphatic carbocycles. The number of hydrogen-bond acceptors (Lipinski definition) is 4. The van der Waals surface area contributed by atoms with E-state index in [9.17, 15) is 5.11 Å². The van der Waals surface area contributed by atoms with Crippen LogP contribution >= 0.6 is 0 Å². The third-order valence-electron chi connectivity index (χ3n) is 4.74. The molecule has 1 saturated heterocycles. The molecular weight excluding hydrogens is 302 g/mol. The molecule has 1 aliphatic heterocycles. The molecule has 1 fully saturated rings. The van der Waals surface area contributed by atoms with Crippen molar-refractivity contribution in [2.45, 2.75) is 45.1 Å². The van der Waals surface area contributed by atoms with Crippen molar-refractivity contribution in [2.75, 3.05) is 40.0 Å². The number of hydrogen-bond donors (Lipinski definition) is 1. The van der Waals surface area contributed by atoms with E-state index in [1.807, 2.05) is 12.1 Å². The summed E-state index contributed by atoms with van der Waals surface area (Å²) in [5, 5.41) is 10.2. The highest BCUT2D eigenvalue weighted by molar-refractivity contribution is 5.31. The number of aliphatic hydroxyl groups excluding tert-OH is 1. The highest BCUT2D eigenvalue weighted by Gasteiger charge is 2.21. The number of methoxy groups -OCH3 is 1. The first-order valence-electron chi connectivity index (χ1n) is 9.01. The fourth-order valence-electron chi connectivity index (χ4n) is 3.17. The minimum atomic E-state index is -0.453. The Labute approximate surface area is 146 Å². The van der Waals surface area contributed by atoms with Crippen LogP contribution in [0, 0.1) is 5.92 Å². The normalized spacial score (nSPS) is 18.5. The smallest absolute Gasteiger partial charge is 0.119 e. The maximum absolute atomic E-state index is 10.2. The predicted octanol–water partition coefficient (Wildman–Crippen LogP) is 3.08. The second-order valence-corrected chi connectivity index (χ2v) is 7.94. The predicted molar refractivity (Wildman–Crippen MR) is 97.7 cm³/mol. The lowest BCUT2D eigenvalue weighted by molar-refractivity contribution is 0.0440. The van der Waals surface area contributed by atoms with Gasteiger partial charge in [0.05, 0.1) is 0 Å². The Morgan fingerprint density at radius 2 is 1.79 bits per heavy atom. The number of β-amino-alcohol motifs (C(OH)–C–C–N with tert-alkyl or cyclic N) is 1. The van der Waals surface area contributed by atoms with Crippen molar-refractivity contribution in [3.8, 4) is 5.75 Å². The minimum absolute atomic E-state index is 0.146. The van der Waals surface area contributed by atoms with Gasteiger partial charge >= 0.3 is 0 Å². The molecule has 0 bridgehead atoms. The molecule has 1 atom stereocenters. The maximum Gasteiger partial charge on any atom is 0.119 e. The van der Waals surface area contributed by atoms with Crippen LogP contribution in [0.1, 0.15) is 39.2 Å². The van der Waals surface area contributed by atoms with Crippen LogP contribution in [-0.4, -0.2) is 56.1 Å². The molecule has 24 heavy (non-hydrogen) atoms. The lowest BCUT2D eigenvalue weighted by Crippen LogP contribution is -2.41. The second-order valence-electron chi connectivity index (χ2n) is 7.94. The van der Waals surface area contributed by atoms with Crippen molar-refractivity contribution in [1.29, 1.82) is 0 Å². The Kier molecular flexibility index (Phi) is 7.08. The van der Waals surface area contributed by atoms with E-state index in [-0.39, 0.29) is 5.41 Å². The van der Waals surface area contributed by atoms with Crippen LogP contribution in [0.5, 0.6) is 5.75 Å². The quantitative estimate of drug-likeness (QED) is 0.831. The van der Waals surface area contributed by atoms with Gasteiger partial charge in [0, 0.05) is 20.3 Å². The Hall–Kier alpha value is -1.10. The maximum atomic E-state index is 10.2. The minimum Gasteiger partial charge on any atom is -0.491 e. The van der Waals surface area contributed by atoms with Crippen LogP contribution in [0.25, 0.3) is 0 Å². The lowest BCUT2D eigenvalue weighted by atomic mass is 9.87. The molecule has 4 nitrogen and oxygen atoms in total. The SMILES string of the molecule is COCC1CCN(CC(O)COc2ccc(C(C)(C)C)cc2)CC1. The number of rotatable bonds is 7. The number of ether oxygens (including phenoxy) is 2. The number of aliphatic hydroxyl groups is 1. The highest BCUT2D eigenvalue weighted by atomic mass is 16.5. The van der Waals surface area contributed by atoms with Gasteiger partial charge in [0.15, 0.2) is 0 Å². The van der Waals surface area contributed by atoms with E-state index < -0.39 is 6.10 Å². The van der Waals surface area contributed by atoms with E-state index in [0.717, 1.165) is 38.3 Å². The summed E-state index contributed by atoms with van der Waals surface area (Å²) in [5.74, 6) is 1.49. The summed E-state index contributed by atoms with van der Waals surface area (Å²) >= 11 is 0. The van der Waals surface area contributed by atoms with Gasteiger partial charge in [-0.05, 0) is 55.0 Å². The molecule has 1 aromatic rings. The molecule has 0 saturated carbocycles. The largest absolute Gasteiger partial charge is 0.491 e. The average Bonchev–Trinajstić information content (AvgIpc) is 2.55. The van der Waals surface area contributed by atoms with Crippen molar-refractivity contribution >= 4 is 0 Å². The van der Waals surface area contributed by atoms with Crippen LogP contribution in [0.3, 0.4) is 0 Å². The van der Waals surface area contributed by atoms with Gasteiger partial charge in [-0.25, -0.2) is 0 Å². The van der Waals surface area contributed by atoms with Gasteiger partial charge in [-0.15, -0.1) is 0 Å². The van der Waals surface area contributed by atoms with Crippen LogP contribution in [0.4, 0.5) is 0 Å². The van der Waals surface area contributed by atoms with E-state index in [2.05, 4.69) is 37.8 Å². The van der Waals surface area contributed by atoms with Crippen LogP contribution in [0.15, 0.2) is 24.3 Å². The zero-order chi connectivity index (χ0) is 17.6. The molecular formula is C20H33NO3. The van der Waals surface area contributed by atoms with E-state index in [1.165, 1.54) is 5.56 Å². The Balaban J connectivity index is 1.71. The summed E-state index contributed by atoms with van der Waals surface area (Å²) in [6, 6.07) is 8.18. The first-order valence-corrected chi connectivity index (χ1v) is 9.01. The number of likely N-dealkylation sites (tertiary alicyclic amines) is 1. The van der Waals surface area contributed by atoms with Gasteiger partial charge in [0.2, 0.25) is 0 Å². The van der Waals surface area contributed by atoms with E-state index in [4.69, 9.17) is 9.47 Å². The highest BCUT2D eigenvalue weighted by Crippen LogP contribution is 2.24. The van der Waals surface area contributed by atoms with E-state index in [1.54, 1.807) is 7.11 Å². The van der Waals surface area contributed by atoms with Crippen molar-refractivity contribution < 1.29 is 14.6 Å². The Bertz CT molecular complexity index is 473. The fourth-order valence-corrected chi connectivity index (χ4v) is 3.17. The van der Waals surface area contributed by atoms with Crippen molar-refractivity contribution in [2.24, 2.45) is 5.92 Å². The summed E-state index contributed by atoms with van der Waals surface area (Å²) < 4.78 is 11.0. The molecule has 1 heterocycles. The van der Waals surface area contributed by atoms with Gasteiger partial charge in [0.1, 0.15) is 18.5 Å². The van der Waals surface area contributed by atoms with Gasteiger partial charge in [-0.2, -0.15) is 0 Å². The van der Waals surface area contributed by atoms with Crippen LogP contribution in [0.2, 0.25) is 0 Å². The van der Waals surface area contributed by atoms with Crippen LogP contribution < -0.4 is 4.74 Å². The van der Waals surface area contributed by atoms with Gasteiger partial charge in [-0.1, -0.05) is 32.9 Å². The zero-order valence-corrected chi connectivity index (χ0v) is 15.6. The first kappa shape index (κ1) is 19.2. The van der Waals surface area contributed by atoms with Crippen molar-refractivity contribution in [3.05, 3.63) is 29.8 Å². The molecule has 1 aromatic carbocycles. The van der Waals surface area contributed by atoms with Crippen molar-refractivity contribution in [3.63, 3.8) is 0 Å². The first-order chi connectivity index (χ1) is 11.4. The average molecular weight is 335 g/mol. The molecule has 0 amide bonds. The van der Waals surface area contributed by atoms with Gasteiger partial charge in [-0.3, -0.25) is 0 Å². The summed E-state index contributed by atoms with van der Waals surface area (Å²) in [7, 11) is 1.77. The standard InChI is InChI=1S/C20H33NO3/c1-20(2,3)17-5-7-19(8-6-17)24-15-18(22)13-21-11-9-16(10-12-21)14-23-4/h5-8,16,18,22H,9-15H2,1-4H3. The topological polar surface area (TPSA) is 41.9 Å². The third-order valence-corrected chi connectivity index (χ3v) is 4.74. The number of piperidine rings is 1. The monoisotopic (exact) mass is 335 g/mol. The molecule has 1 aliphatic rings. The van der Waals surface area contributed by atoms with Gasteiger partial charge in [0.25, 0.3) is 0 Å². The summed E-state index contributed by atoms with van der Waals surface area (Å²) in [6.45, 7) is 10.5. The molecule has 0 spiro atoms. The summed E-state index contributed by atoms with van der Waals surface area (Å²) in [6.07, 6.45) is 1.84. The van der Waals surface area contributed by atoms with Crippen LogP contribution in [-0.2, 0) is 10.2 Å².